The number of halogens is 2. The Balaban J connectivity index is 1.62. The number of rotatable bonds is 3. The maximum absolute atomic E-state index is 6.43. The smallest absolute Gasteiger partial charge is 0.217 e. The van der Waals surface area contributed by atoms with Crippen molar-refractivity contribution in [3.63, 3.8) is 0 Å². The summed E-state index contributed by atoms with van der Waals surface area (Å²) in [5.74, 6) is 1.66. The van der Waals surface area contributed by atoms with Crippen molar-refractivity contribution in [2.45, 2.75) is 18.7 Å². The fourth-order valence-corrected chi connectivity index (χ4v) is 4.46. The molecule has 0 unspecified atom stereocenters. The van der Waals surface area contributed by atoms with Gasteiger partial charge in [-0.3, -0.25) is 0 Å². The number of para-hydroxylation sites is 1. The summed E-state index contributed by atoms with van der Waals surface area (Å²) in [6.45, 7) is 0. The van der Waals surface area contributed by atoms with Gasteiger partial charge in [0.2, 0.25) is 6.23 Å². The van der Waals surface area contributed by atoms with E-state index in [0.29, 0.717) is 0 Å². The lowest BCUT2D eigenvalue weighted by Crippen LogP contribution is -2.34. The van der Waals surface area contributed by atoms with Gasteiger partial charge in [-0.25, -0.2) is 5.01 Å². The van der Waals surface area contributed by atoms with Gasteiger partial charge >= 0.3 is 0 Å². The van der Waals surface area contributed by atoms with Crippen molar-refractivity contribution in [2.75, 3.05) is 7.11 Å². The van der Waals surface area contributed by atoms with Crippen LogP contribution in [0.2, 0.25) is 5.02 Å². The highest BCUT2D eigenvalue weighted by molar-refractivity contribution is 9.10. The summed E-state index contributed by atoms with van der Waals surface area (Å²) < 4.78 is 13.1. The van der Waals surface area contributed by atoms with Gasteiger partial charge in [0, 0.05) is 21.5 Å². The molecule has 5 rings (SSSR count). The number of nitrogens with zero attached hydrogens (tertiary/aromatic N) is 2. The largest absolute Gasteiger partial charge is 0.496 e. The Hall–Kier alpha value is -2.50. The van der Waals surface area contributed by atoms with Crippen LogP contribution < -0.4 is 9.47 Å². The van der Waals surface area contributed by atoms with Crippen LogP contribution in [-0.4, -0.2) is 17.8 Å². The summed E-state index contributed by atoms with van der Waals surface area (Å²) in [6.07, 6.45) is 0.426. The summed E-state index contributed by atoms with van der Waals surface area (Å²) in [4.78, 5) is 0. The van der Waals surface area contributed by atoms with Crippen LogP contribution >= 0.6 is 27.5 Å². The SMILES string of the molecule is COc1ccccc1[C@@H]1Oc2ccc(Br)cc2[C@H]2CC(c3ccc(Cl)cc3)=NN21. The van der Waals surface area contributed by atoms with Gasteiger partial charge in [0.15, 0.2) is 0 Å². The molecule has 0 aromatic heterocycles. The molecule has 3 aromatic carbocycles. The third-order valence-corrected chi connectivity index (χ3v) is 6.08. The third kappa shape index (κ3) is 3.28. The quantitative estimate of drug-likeness (QED) is 0.448. The van der Waals surface area contributed by atoms with Crippen LogP contribution in [0.25, 0.3) is 0 Å². The summed E-state index contributed by atoms with van der Waals surface area (Å²) in [6, 6.07) is 22.0. The van der Waals surface area contributed by atoms with Crippen molar-refractivity contribution in [1.29, 1.82) is 0 Å². The molecule has 4 nitrogen and oxygen atoms in total. The highest BCUT2D eigenvalue weighted by Gasteiger charge is 2.42. The molecule has 0 saturated carbocycles. The van der Waals surface area contributed by atoms with E-state index in [1.807, 2.05) is 60.7 Å². The number of ether oxygens (including phenoxy) is 2. The standard InChI is InChI=1S/C23H18BrClN2O2/c1-28-21-5-3-2-4-17(21)23-27-20(18-12-15(24)8-11-22(18)29-23)13-19(26-27)14-6-9-16(25)10-7-14/h2-12,20,23H,13H2,1H3/t20-,23+/m1/s1. The highest BCUT2D eigenvalue weighted by Crippen LogP contribution is 2.49. The third-order valence-electron chi connectivity index (χ3n) is 5.33. The molecule has 0 N–H and O–H groups in total. The Bertz CT molecular complexity index is 1100. The van der Waals surface area contributed by atoms with Crippen molar-refractivity contribution < 1.29 is 9.47 Å². The minimum atomic E-state index is -0.366. The number of hydrogen-bond acceptors (Lipinski definition) is 4. The normalized spacial score (nSPS) is 19.8. The molecule has 0 bridgehead atoms. The Morgan fingerprint density at radius 2 is 1.86 bits per heavy atom. The molecule has 0 amide bonds. The maximum Gasteiger partial charge on any atom is 0.217 e. The van der Waals surface area contributed by atoms with Gasteiger partial charge in [-0.15, -0.1) is 0 Å². The number of benzene rings is 3. The number of fused-ring (bicyclic) bond motifs is 3. The van der Waals surface area contributed by atoms with Crippen LogP contribution in [0.3, 0.4) is 0 Å². The molecule has 0 aliphatic carbocycles. The van der Waals surface area contributed by atoms with Gasteiger partial charge < -0.3 is 9.47 Å². The number of methoxy groups -OCH3 is 1. The first-order valence-electron chi connectivity index (χ1n) is 9.35. The molecule has 6 heteroatoms. The molecule has 0 spiro atoms. The zero-order chi connectivity index (χ0) is 20.0. The number of hydrogen-bond donors (Lipinski definition) is 0. The fourth-order valence-electron chi connectivity index (χ4n) is 3.95. The average Bonchev–Trinajstić information content (AvgIpc) is 3.19. The van der Waals surface area contributed by atoms with Crippen LogP contribution in [-0.2, 0) is 0 Å². The molecule has 0 fully saturated rings. The predicted molar refractivity (Wildman–Crippen MR) is 118 cm³/mol. The van der Waals surface area contributed by atoms with E-state index >= 15 is 0 Å². The Morgan fingerprint density at radius 3 is 2.66 bits per heavy atom. The molecule has 3 aromatic rings. The first-order valence-corrected chi connectivity index (χ1v) is 10.5. The van der Waals surface area contributed by atoms with Crippen molar-refractivity contribution in [3.05, 3.63) is 92.9 Å². The van der Waals surface area contributed by atoms with E-state index in [1.54, 1.807) is 7.11 Å². The summed E-state index contributed by atoms with van der Waals surface area (Å²) in [7, 11) is 1.68. The molecule has 2 aliphatic rings. The highest BCUT2D eigenvalue weighted by atomic mass is 79.9. The lowest BCUT2D eigenvalue weighted by molar-refractivity contribution is -0.0203. The molecule has 0 radical (unpaired) electrons. The summed E-state index contributed by atoms with van der Waals surface area (Å²) in [5, 5.41) is 7.75. The molecule has 29 heavy (non-hydrogen) atoms. The Kier molecular flexibility index (Phi) is 4.72. The molecule has 2 atom stereocenters. The molecular weight excluding hydrogens is 452 g/mol. The van der Waals surface area contributed by atoms with E-state index in [-0.39, 0.29) is 12.3 Å². The fraction of sp³-hybridized carbons (Fsp3) is 0.174. The minimum Gasteiger partial charge on any atom is -0.496 e. The molecule has 2 aliphatic heterocycles. The second-order valence-corrected chi connectivity index (χ2v) is 8.40. The van der Waals surface area contributed by atoms with Crippen molar-refractivity contribution >= 4 is 33.2 Å². The van der Waals surface area contributed by atoms with E-state index < -0.39 is 0 Å². The predicted octanol–water partition coefficient (Wildman–Crippen LogP) is 6.35. The second-order valence-electron chi connectivity index (χ2n) is 7.05. The van der Waals surface area contributed by atoms with Crippen molar-refractivity contribution in [3.8, 4) is 11.5 Å². The summed E-state index contributed by atoms with van der Waals surface area (Å²) in [5.41, 5.74) is 4.16. The first kappa shape index (κ1) is 18.5. The molecule has 2 heterocycles. The average molecular weight is 470 g/mol. The molecule has 0 saturated heterocycles. The van der Waals surface area contributed by atoms with Crippen LogP contribution in [0, 0.1) is 0 Å². The van der Waals surface area contributed by atoms with E-state index in [2.05, 4.69) is 27.0 Å². The van der Waals surface area contributed by atoms with Gasteiger partial charge in [0.05, 0.1) is 24.4 Å². The summed E-state index contributed by atoms with van der Waals surface area (Å²) >= 11 is 9.66. The molecule has 146 valence electrons. The van der Waals surface area contributed by atoms with Crippen LogP contribution in [0.5, 0.6) is 11.5 Å². The Morgan fingerprint density at radius 1 is 1.07 bits per heavy atom. The van der Waals surface area contributed by atoms with Crippen LogP contribution in [0.1, 0.15) is 35.4 Å². The lowest BCUT2D eigenvalue weighted by atomic mass is 9.96. The lowest BCUT2D eigenvalue weighted by Gasteiger charge is -2.38. The van der Waals surface area contributed by atoms with E-state index in [9.17, 15) is 0 Å². The zero-order valence-corrected chi connectivity index (χ0v) is 18.0. The minimum absolute atomic E-state index is 0.0804. The van der Waals surface area contributed by atoms with E-state index in [1.165, 1.54) is 0 Å². The van der Waals surface area contributed by atoms with Gasteiger partial charge in [-0.1, -0.05) is 51.8 Å². The van der Waals surface area contributed by atoms with E-state index in [0.717, 1.165) is 49.8 Å². The van der Waals surface area contributed by atoms with Gasteiger partial charge in [-0.2, -0.15) is 5.10 Å². The molecular formula is C23H18BrClN2O2. The van der Waals surface area contributed by atoms with Crippen molar-refractivity contribution in [1.82, 2.24) is 5.01 Å². The van der Waals surface area contributed by atoms with E-state index in [4.69, 9.17) is 26.2 Å². The topological polar surface area (TPSA) is 34.1 Å². The first-order chi connectivity index (χ1) is 14.1. The van der Waals surface area contributed by atoms with Gasteiger partial charge in [0.1, 0.15) is 11.5 Å². The van der Waals surface area contributed by atoms with Crippen LogP contribution in [0.15, 0.2) is 76.3 Å². The second kappa shape index (κ2) is 7.39. The van der Waals surface area contributed by atoms with Crippen LogP contribution in [0.4, 0.5) is 0 Å². The zero-order valence-electron chi connectivity index (χ0n) is 15.7. The van der Waals surface area contributed by atoms with Crippen molar-refractivity contribution in [2.24, 2.45) is 5.10 Å². The number of hydrazone groups is 1. The van der Waals surface area contributed by atoms with Gasteiger partial charge in [0.25, 0.3) is 0 Å². The Labute approximate surface area is 182 Å². The maximum atomic E-state index is 6.43. The van der Waals surface area contributed by atoms with Gasteiger partial charge in [-0.05, 0) is 48.0 Å². The monoisotopic (exact) mass is 468 g/mol.